The van der Waals surface area contributed by atoms with E-state index in [4.69, 9.17) is 21.4 Å². The maximum absolute atomic E-state index is 5.91. The molecule has 0 heterocycles. The van der Waals surface area contributed by atoms with Crippen molar-refractivity contribution in [3.63, 3.8) is 0 Å². The molecular weight excluding hydrogens is 187 g/mol. The Balaban J connectivity index is 2.97. The van der Waals surface area contributed by atoms with Crippen molar-refractivity contribution in [1.29, 1.82) is 0 Å². The van der Waals surface area contributed by atoms with Gasteiger partial charge in [-0.2, -0.15) is 0 Å². The van der Waals surface area contributed by atoms with Gasteiger partial charge in [0.15, 0.2) is 0 Å². The van der Waals surface area contributed by atoms with Gasteiger partial charge in [-0.05, 0) is 39.8 Å². The quantitative estimate of drug-likeness (QED) is 0.639. The maximum atomic E-state index is 5.91. The molecule has 0 fully saturated rings. The molecule has 0 saturated heterocycles. The lowest BCUT2D eigenvalue weighted by molar-refractivity contribution is 1.46. The number of halogens is 2. The average Bonchev–Trinajstić information content (AvgIpc) is 1.88. The molecule has 0 aliphatic heterocycles. The smallest absolute Gasteiger partial charge is 0.0165 e. The van der Waals surface area contributed by atoms with Crippen molar-refractivity contribution >= 4 is 29.8 Å². The monoisotopic (exact) mass is 194 g/mol. The van der Waals surface area contributed by atoms with Gasteiger partial charge in [0.1, 0.15) is 0 Å². The van der Waals surface area contributed by atoms with Crippen LogP contribution in [-0.4, -0.2) is 6.26 Å². The zero-order chi connectivity index (χ0) is 7.61. The number of benzene rings is 1. The fourth-order valence-electron chi connectivity index (χ4n) is 0.659. The minimum absolute atomic E-state index is 1.01. The van der Waals surface area contributed by atoms with E-state index in [0.717, 1.165) is 4.90 Å². The Labute approximate surface area is 71.5 Å². The molecule has 0 nitrogen and oxygen atoms in total. The highest BCUT2D eigenvalue weighted by molar-refractivity contribution is 8.65. The van der Waals surface area contributed by atoms with E-state index < -0.39 is 8.46 Å². The first kappa shape index (κ1) is 8.25. The molecule has 1 rings (SSSR count). The van der Waals surface area contributed by atoms with Crippen molar-refractivity contribution in [2.75, 3.05) is 6.26 Å². The van der Waals surface area contributed by atoms with Crippen LogP contribution in [0.3, 0.4) is 0 Å². The van der Waals surface area contributed by atoms with Crippen LogP contribution in [0.5, 0.6) is 0 Å². The summed E-state index contributed by atoms with van der Waals surface area (Å²) in [5, 5.41) is 0. The topological polar surface area (TPSA) is 0 Å². The van der Waals surface area contributed by atoms with E-state index in [1.54, 1.807) is 0 Å². The summed E-state index contributed by atoms with van der Waals surface area (Å²) in [5.41, 5.74) is 0. The summed E-state index contributed by atoms with van der Waals surface area (Å²) in [7, 11) is 10.3. The molecule has 10 heavy (non-hydrogen) atoms. The molecule has 1 aromatic carbocycles. The number of hydrogen-bond acceptors (Lipinski definition) is 0. The number of rotatable bonds is 1. The van der Waals surface area contributed by atoms with E-state index in [-0.39, 0.29) is 0 Å². The van der Waals surface area contributed by atoms with Gasteiger partial charge < -0.3 is 0 Å². The first-order valence-electron chi connectivity index (χ1n) is 2.83. The van der Waals surface area contributed by atoms with Crippen LogP contribution >= 0.6 is 29.8 Å². The highest BCUT2D eigenvalue weighted by Gasteiger charge is 2.11. The van der Waals surface area contributed by atoms with E-state index in [9.17, 15) is 0 Å². The Morgan fingerprint density at radius 1 is 1.10 bits per heavy atom. The van der Waals surface area contributed by atoms with E-state index in [1.807, 2.05) is 36.6 Å². The molecule has 0 radical (unpaired) electrons. The van der Waals surface area contributed by atoms with E-state index in [1.165, 1.54) is 0 Å². The molecule has 56 valence electrons. The molecule has 3 heteroatoms. The highest BCUT2D eigenvalue weighted by Crippen LogP contribution is 2.61. The largest absolute Gasteiger partial charge is 0.0622 e. The van der Waals surface area contributed by atoms with Crippen LogP contribution in [0.2, 0.25) is 0 Å². The highest BCUT2D eigenvalue weighted by atomic mass is 36.0. The molecule has 0 aliphatic carbocycles. The Morgan fingerprint density at radius 3 is 1.90 bits per heavy atom. The lowest BCUT2D eigenvalue weighted by atomic mass is 10.4. The molecule has 0 unspecified atom stereocenters. The molecule has 0 spiro atoms. The molecule has 0 bridgehead atoms. The van der Waals surface area contributed by atoms with Crippen molar-refractivity contribution in [1.82, 2.24) is 0 Å². The Bertz CT molecular complexity index is 203. The molecule has 0 atom stereocenters. The van der Waals surface area contributed by atoms with Crippen LogP contribution in [0.4, 0.5) is 0 Å². The first-order valence-corrected chi connectivity index (χ1v) is 6.53. The normalized spacial score (nSPS) is 13.1. The minimum atomic E-state index is -1.56. The van der Waals surface area contributed by atoms with Crippen molar-refractivity contribution in [3.8, 4) is 0 Å². The summed E-state index contributed by atoms with van der Waals surface area (Å²) < 4.78 is 0. The zero-order valence-electron chi connectivity index (χ0n) is 5.55. The summed E-state index contributed by atoms with van der Waals surface area (Å²) in [6.45, 7) is 0. The van der Waals surface area contributed by atoms with Crippen LogP contribution in [0, 0.1) is 0 Å². The van der Waals surface area contributed by atoms with Gasteiger partial charge in [0.05, 0.1) is 0 Å². The summed E-state index contributed by atoms with van der Waals surface area (Å²) in [6.07, 6.45) is 1.84. The fraction of sp³-hybridized carbons (Fsp3) is 0.143. The van der Waals surface area contributed by atoms with Crippen molar-refractivity contribution in [3.05, 3.63) is 30.3 Å². The molecule has 1 aromatic rings. The Hall–Kier alpha value is 0.150. The Morgan fingerprint density at radius 2 is 1.60 bits per heavy atom. The van der Waals surface area contributed by atoms with Gasteiger partial charge >= 0.3 is 0 Å². The van der Waals surface area contributed by atoms with Crippen molar-refractivity contribution < 1.29 is 0 Å². The van der Waals surface area contributed by atoms with Gasteiger partial charge in [0.2, 0.25) is 0 Å². The second-order valence-corrected chi connectivity index (χ2v) is 8.14. The van der Waals surface area contributed by atoms with Crippen LogP contribution in [0.15, 0.2) is 35.2 Å². The zero-order valence-corrected chi connectivity index (χ0v) is 7.88. The second kappa shape index (κ2) is 3.04. The van der Waals surface area contributed by atoms with Crippen LogP contribution in [0.25, 0.3) is 0 Å². The van der Waals surface area contributed by atoms with Gasteiger partial charge in [0, 0.05) is 4.90 Å². The maximum Gasteiger partial charge on any atom is 0.0165 e. The predicted octanol–water partition coefficient (Wildman–Crippen LogP) is 3.79. The summed E-state index contributed by atoms with van der Waals surface area (Å²) >= 11 is 0. The van der Waals surface area contributed by atoms with Gasteiger partial charge in [-0.3, -0.25) is 0 Å². The third-order valence-corrected chi connectivity index (χ3v) is 3.33. The molecule has 0 amide bonds. The third-order valence-electron chi connectivity index (χ3n) is 1.16. The summed E-state index contributed by atoms with van der Waals surface area (Å²) in [6, 6.07) is 9.70. The summed E-state index contributed by atoms with van der Waals surface area (Å²) in [5.74, 6) is 0. The van der Waals surface area contributed by atoms with Crippen molar-refractivity contribution in [2.45, 2.75) is 4.90 Å². The van der Waals surface area contributed by atoms with Gasteiger partial charge in [-0.25, -0.2) is 0 Å². The molecule has 0 saturated carbocycles. The first-order chi connectivity index (χ1) is 4.61. The average molecular weight is 195 g/mol. The molecule has 0 aliphatic rings. The van der Waals surface area contributed by atoms with Gasteiger partial charge in [0.25, 0.3) is 0 Å². The SMILES string of the molecule is CS(Cl)(Cl)c1ccccc1. The Kier molecular flexibility index (Phi) is 2.50. The molecule has 0 aromatic heterocycles. The standard InChI is InChI=1S/C7H8Cl2S/c1-10(8,9)7-5-3-2-4-6-7/h2-6H,1H3. The third kappa shape index (κ3) is 2.08. The predicted molar refractivity (Wildman–Crippen MR) is 49.9 cm³/mol. The lowest BCUT2D eigenvalue weighted by Gasteiger charge is -2.17. The van der Waals surface area contributed by atoms with E-state index >= 15 is 0 Å². The second-order valence-electron chi connectivity index (χ2n) is 2.04. The van der Waals surface area contributed by atoms with Gasteiger partial charge in [-0.15, -0.1) is 0 Å². The van der Waals surface area contributed by atoms with Crippen LogP contribution in [-0.2, 0) is 0 Å². The van der Waals surface area contributed by atoms with Gasteiger partial charge in [-0.1, -0.05) is 26.7 Å². The summed E-state index contributed by atoms with van der Waals surface area (Å²) in [4.78, 5) is 1.01. The van der Waals surface area contributed by atoms with Crippen LogP contribution in [0.1, 0.15) is 0 Å². The number of hydrogen-bond donors (Lipinski definition) is 0. The van der Waals surface area contributed by atoms with E-state index in [0.29, 0.717) is 0 Å². The molecule has 0 N–H and O–H groups in total. The van der Waals surface area contributed by atoms with Crippen molar-refractivity contribution in [2.24, 2.45) is 0 Å². The van der Waals surface area contributed by atoms with Crippen LogP contribution < -0.4 is 0 Å². The minimum Gasteiger partial charge on any atom is -0.0622 e. The lowest BCUT2D eigenvalue weighted by Crippen LogP contribution is -1.78. The van der Waals surface area contributed by atoms with E-state index in [2.05, 4.69) is 0 Å². The molecular formula is C7H8Cl2S. The fourth-order valence-corrected chi connectivity index (χ4v) is 1.91.